The van der Waals surface area contributed by atoms with Crippen LogP contribution < -0.4 is 10.5 Å². The normalized spacial score (nSPS) is 12.6. The lowest BCUT2D eigenvalue weighted by atomic mass is 10.1. The maximum absolute atomic E-state index is 12.7. The Labute approximate surface area is 105 Å². The van der Waals surface area contributed by atoms with E-state index in [2.05, 4.69) is 4.74 Å². The molecule has 0 amide bonds. The largest absolute Gasteiger partial charge is 0.483 e. The van der Waals surface area contributed by atoms with Crippen LogP contribution >= 0.6 is 0 Å². The highest BCUT2D eigenvalue weighted by Crippen LogP contribution is 2.37. The molecule has 0 aliphatic heterocycles. The molecule has 0 heterocycles. The molecule has 0 aliphatic carbocycles. The molecule has 0 spiro atoms. The Morgan fingerprint density at radius 2 is 1.68 bits per heavy atom. The number of rotatable bonds is 4. The van der Waals surface area contributed by atoms with Gasteiger partial charge in [0.05, 0.1) is 5.56 Å². The maximum atomic E-state index is 12.7. The number of alkyl halides is 6. The summed E-state index contributed by atoms with van der Waals surface area (Å²) in [6.07, 6.45) is -9.28. The fraction of sp³-hybridized carbons (Fsp3) is 0.455. The minimum Gasteiger partial charge on any atom is -0.483 e. The minimum absolute atomic E-state index is 0.139. The van der Waals surface area contributed by atoms with Crippen LogP contribution in [-0.4, -0.2) is 19.3 Å². The Morgan fingerprint density at radius 1 is 1.05 bits per heavy atom. The van der Waals surface area contributed by atoms with Crippen molar-refractivity contribution in [1.29, 1.82) is 0 Å². The van der Waals surface area contributed by atoms with E-state index in [1.165, 1.54) is 6.07 Å². The summed E-state index contributed by atoms with van der Waals surface area (Å²) in [5.41, 5.74) is 4.26. The van der Waals surface area contributed by atoms with E-state index >= 15 is 0 Å². The molecule has 108 valence electrons. The van der Waals surface area contributed by atoms with Gasteiger partial charge in [0.2, 0.25) is 0 Å². The third-order valence-electron chi connectivity index (χ3n) is 2.17. The molecule has 0 aromatic heterocycles. The minimum atomic E-state index is -4.79. The molecule has 19 heavy (non-hydrogen) atoms. The summed E-state index contributed by atoms with van der Waals surface area (Å²) < 4.78 is 78.1. The SMILES string of the molecule is NCCc1ccc(OCC(F)(F)F)c(C(F)(F)F)c1. The van der Waals surface area contributed by atoms with Gasteiger partial charge in [-0.2, -0.15) is 26.3 Å². The topological polar surface area (TPSA) is 35.2 Å². The van der Waals surface area contributed by atoms with Crippen LogP contribution in [0.2, 0.25) is 0 Å². The van der Waals surface area contributed by atoms with E-state index in [1.54, 1.807) is 0 Å². The van der Waals surface area contributed by atoms with Crippen molar-refractivity contribution < 1.29 is 31.1 Å². The van der Waals surface area contributed by atoms with Gasteiger partial charge in [0.1, 0.15) is 5.75 Å². The maximum Gasteiger partial charge on any atom is 0.422 e. The van der Waals surface area contributed by atoms with Crippen LogP contribution in [-0.2, 0) is 12.6 Å². The zero-order chi connectivity index (χ0) is 14.7. The molecule has 0 unspecified atom stereocenters. The van der Waals surface area contributed by atoms with E-state index in [4.69, 9.17) is 5.73 Å². The predicted molar refractivity (Wildman–Crippen MR) is 55.8 cm³/mol. The first-order valence-electron chi connectivity index (χ1n) is 5.23. The van der Waals surface area contributed by atoms with Crippen LogP contribution in [0.25, 0.3) is 0 Å². The highest BCUT2D eigenvalue weighted by atomic mass is 19.4. The van der Waals surface area contributed by atoms with E-state index in [0.717, 1.165) is 12.1 Å². The molecular weight excluding hydrogens is 276 g/mol. The Hall–Kier alpha value is -1.44. The summed E-state index contributed by atoms with van der Waals surface area (Å²) in [6.45, 7) is -1.63. The quantitative estimate of drug-likeness (QED) is 0.863. The van der Waals surface area contributed by atoms with Crippen LogP contribution in [0.15, 0.2) is 18.2 Å². The number of benzene rings is 1. The van der Waals surface area contributed by atoms with Crippen LogP contribution in [0, 0.1) is 0 Å². The molecule has 0 radical (unpaired) electrons. The van der Waals surface area contributed by atoms with Crippen LogP contribution in [0.4, 0.5) is 26.3 Å². The van der Waals surface area contributed by atoms with Crippen LogP contribution in [0.1, 0.15) is 11.1 Å². The van der Waals surface area contributed by atoms with Crippen molar-refractivity contribution in [3.63, 3.8) is 0 Å². The summed E-state index contributed by atoms with van der Waals surface area (Å²) in [6, 6.07) is 2.88. The molecule has 2 nitrogen and oxygen atoms in total. The molecular formula is C11H11F6NO. The summed E-state index contributed by atoms with van der Waals surface area (Å²) in [5, 5.41) is 0. The van der Waals surface area contributed by atoms with Gasteiger partial charge in [0, 0.05) is 0 Å². The molecule has 0 saturated heterocycles. The van der Waals surface area contributed by atoms with E-state index in [0.29, 0.717) is 0 Å². The van der Waals surface area contributed by atoms with Crippen molar-refractivity contribution in [1.82, 2.24) is 0 Å². The second-order valence-corrected chi connectivity index (χ2v) is 3.77. The Morgan fingerprint density at radius 3 is 2.16 bits per heavy atom. The van der Waals surface area contributed by atoms with Crippen molar-refractivity contribution in [2.24, 2.45) is 5.73 Å². The number of nitrogens with two attached hydrogens (primary N) is 1. The zero-order valence-electron chi connectivity index (χ0n) is 9.61. The van der Waals surface area contributed by atoms with Crippen LogP contribution in [0.3, 0.4) is 0 Å². The lowest BCUT2D eigenvalue weighted by Crippen LogP contribution is -2.21. The molecule has 0 saturated carbocycles. The fourth-order valence-corrected chi connectivity index (χ4v) is 1.41. The van der Waals surface area contributed by atoms with Crippen molar-refractivity contribution in [2.45, 2.75) is 18.8 Å². The first-order valence-corrected chi connectivity index (χ1v) is 5.23. The van der Waals surface area contributed by atoms with E-state index in [-0.39, 0.29) is 18.5 Å². The van der Waals surface area contributed by atoms with Gasteiger partial charge >= 0.3 is 12.4 Å². The molecule has 1 aromatic rings. The second kappa shape index (κ2) is 5.68. The standard InChI is InChI=1S/C11H11F6NO/c12-10(13,14)6-19-9-2-1-7(3-4-18)5-8(9)11(15,16)17/h1-2,5H,3-4,6,18H2. The average molecular weight is 287 g/mol. The number of ether oxygens (including phenoxy) is 1. The van der Waals surface area contributed by atoms with Gasteiger partial charge in [0.25, 0.3) is 0 Å². The van der Waals surface area contributed by atoms with Gasteiger partial charge in [-0.15, -0.1) is 0 Å². The first-order chi connectivity index (χ1) is 8.63. The molecule has 2 N–H and O–H groups in total. The van der Waals surface area contributed by atoms with Gasteiger partial charge in [-0.25, -0.2) is 0 Å². The highest BCUT2D eigenvalue weighted by molar-refractivity contribution is 5.39. The number of hydrogen-bond donors (Lipinski definition) is 1. The van der Waals surface area contributed by atoms with Gasteiger partial charge in [0.15, 0.2) is 6.61 Å². The number of hydrogen-bond acceptors (Lipinski definition) is 2. The lowest BCUT2D eigenvalue weighted by molar-refractivity contribution is -0.158. The van der Waals surface area contributed by atoms with Crippen molar-refractivity contribution in [3.05, 3.63) is 29.3 Å². The van der Waals surface area contributed by atoms with Crippen molar-refractivity contribution >= 4 is 0 Å². The van der Waals surface area contributed by atoms with Gasteiger partial charge in [-0.3, -0.25) is 0 Å². The Balaban J connectivity index is 3.03. The van der Waals surface area contributed by atoms with Gasteiger partial charge in [-0.05, 0) is 30.7 Å². The summed E-state index contributed by atoms with van der Waals surface area (Å²) >= 11 is 0. The van der Waals surface area contributed by atoms with Crippen molar-refractivity contribution in [3.8, 4) is 5.75 Å². The predicted octanol–water partition coefficient (Wildman–Crippen LogP) is 3.15. The fourth-order valence-electron chi connectivity index (χ4n) is 1.41. The zero-order valence-corrected chi connectivity index (χ0v) is 9.61. The summed E-state index contributed by atoms with van der Waals surface area (Å²) in [4.78, 5) is 0. The molecule has 0 fully saturated rings. The van der Waals surface area contributed by atoms with Gasteiger partial charge in [-0.1, -0.05) is 6.07 Å². The van der Waals surface area contributed by atoms with E-state index in [9.17, 15) is 26.3 Å². The number of halogens is 6. The Bertz CT molecular complexity index is 426. The lowest BCUT2D eigenvalue weighted by Gasteiger charge is -2.16. The Kier molecular flexibility index (Phi) is 4.67. The summed E-state index contributed by atoms with van der Waals surface area (Å²) in [7, 11) is 0. The third-order valence-corrected chi connectivity index (χ3v) is 2.17. The van der Waals surface area contributed by atoms with E-state index < -0.39 is 30.3 Å². The van der Waals surface area contributed by atoms with E-state index in [1.807, 2.05) is 0 Å². The third kappa shape index (κ3) is 4.98. The first kappa shape index (κ1) is 15.6. The summed E-state index contributed by atoms with van der Waals surface area (Å²) in [5.74, 6) is -0.842. The molecule has 0 aliphatic rings. The highest BCUT2D eigenvalue weighted by Gasteiger charge is 2.36. The molecule has 0 atom stereocenters. The molecule has 0 bridgehead atoms. The second-order valence-electron chi connectivity index (χ2n) is 3.77. The monoisotopic (exact) mass is 287 g/mol. The molecule has 1 rings (SSSR count). The van der Waals surface area contributed by atoms with Crippen molar-refractivity contribution in [2.75, 3.05) is 13.2 Å². The molecule has 1 aromatic carbocycles. The smallest absolute Gasteiger partial charge is 0.422 e. The molecule has 8 heteroatoms. The average Bonchev–Trinajstić information content (AvgIpc) is 2.25. The van der Waals surface area contributed by atoms with Crippen LogP contribution in [0.5, 0.6) is 5.75 Å². The van der Waals surface area contributed by atoms with Gasteiger partial charge < -0.3 is 10.5 Å².